The maximum Gasteiger partial charge on any atom is 0.192 e. The summed E-state index contributed by atoms with van der Waals surface area (Å²) >= 11 is 2.48. The van der Waals surface area contributed by atoms with Crippen LogP contribution in [0.15, 0.2) is 0 Å². The highest BCUT2D eigenvalue weighted by Crippen LogP contribution is 2.51. The summed E-state index contributed by atoms with van der Waals surface area (Å²) in [6, 6.07) is 0. The topological polar surface area (TPSA) is 9.23 Å². The van der Waals surface area contributed by atoms with E-state index in [-0.39, 0.29) is 0 Å². The van der Waals surface area contributed by atoms with Crippen LogP contribution >= 0.6 is 22.6 Å². The molecule has 0 spiro atoms. The van der Waals surface area contributed by atoms with Crippen molar-refractivity contribution in [2.75, 3.05) is 11.0 Å². The van der Waals surface area contributed by atoms with Crippen LogP contribution in [0.1, 0.15) is 46.5 Å². The minimum absolute atomic E-state index is 0.354. The molecule has 1 saturated carbocycles. The highest BCUT2D eigenvalue weighted by molar-refractivity contribution is 14.1. The molecule has 1 aliphatic rings. The van der Waals surface area contributed by atoms with E-state index in [2.05, 4.69) is 56.5 Å². The molecule has 0 heterocycles. The van der Waals surface area contributed by atoms with Gasteiger partial charge in [-0.25, -0.2) is 0 Å². The minimum Gasteiger partial charge on any atom is -0.416 e. The first kappa shape index (κ1) is 15.0. The zero-order valence-corrected chi connectivity index (χ0v) is 14.7. The molecule has 0 atom stereocenters. The van der Waals surface area contributed by atoms with Crippen LogP contribution < -0.4 is 0 Å². The van der Waals surface area contributed by atoms with Crippen LogP contribution in [0, 0.1) is 5.41 Å². The van der Waals surface area contributed by atoms with Gasteiger partial charge in [0, 0.05) is 6.61 Å². The smallest absolute Gasteiger partial charge is 0.192 e. The molecular weight excluding hydrogens is 327 g/mol. The van der Waals surface area contributed by atoms with E-state index in [9.17, 15) is 0 Å². The highest BCUT2D eigenvalue weighted by Gasteiger charge is 2.45. The number of alkyl halides is 1. The van der Waals surface area contributed by atoms with Gasteiger partial charge in [0.1, 0.15) is 0 Å². The summed E-state index contributed by atoms with van der Waals surface area (Å²) in [4.78, 5) is 0. The lowest BCUT2D eigenvalue weighted by Crippen LogP contribution is -2.42. The fourth-order valence-corrected chi connectivity index (χ4v) is 3.12. The summed E-state index contributed by atoms with van der Waals surface area (Å²) in [5, 5.41) is 0.354. The second-order valence-corrected chi connectivity index (χ2v) is 12.7. The Labute approximate surface area is 116 Å². The Kier molecular flexibility index (Phi) is 4.93. The third-order valence-electron chi connectivity index (χ3n) is 4.34. The van der Waals surface area contributed by atoms with Crippen molar-refractivity contribution >= 4 is 30.9 Å². The van der Waals surface area contributed by atoms with Crippen molar-refractivity contribution in [2.45, 2.75) is 64.6 Å². The van der Waals surface area contributed by atoms with Gasteiger partial charge in [0.15, 0.2) is 8.32 Å². The Hall–Kier alpha value is 0.907. The summed E-state index contributed by atoms with van der Waals surface area (Å²) in [5.74, 6) is 0. The van der Waals surface area contributed by atoms with Crippen molar-refractivity contribution in [2.24, 2.45) is 5.41 Å². The molecule has 0 radical (unpaired) electrons. The summed E-state index contributed by atoms with van der Waals surface area (Å²) in [6.45, 7) is 12.7. The van der Waals surface area contributed by atoms with Crippen molar-refractivity contribution in [1.29, 1.82) is 0 Å². The van der Waals surface area contributed by atoms with Crippen LogP contribution in [0.2, 0.25) is 18.1 Å². The van der Waals surface area contributed by atoms with E-state index in [1.54, 1.807) is 0 Å². The van der Waals surface area contributed by atoms with Gasteiger partial charge in [-0.1, -0.05) is 43.4 Å². The minimum atomic E-state index is -1.52. The number of rotatable bonds is 6. The van der Waals surface area contributed by atoms with Gasteiger partial charge in [0.2, 0.25) is 0 Å². The third kappa shape index (κ3) is 3.98. The molecule has 96 valence electrons. The molecule has 0 aliphatic heterocycles. The zero-order chi connectivity index (χ0) is 12.4. The molecule has 0 unspecified atom stereocenters. The lowest BCUT2D eigenvalue weighted by Gasteiger charge is -2.37. The molecular formula is C13H27IOSi. The van der Waals surface area contributed by atoms with Gasteiger partial charge in [0.25, 0.3) is 0 Å². The van der Waals surface area contributed by atoms with Gasteiger partial charge >= 0.3 is 0 Å². The van der Waals surface area contributed by atoms with E-state index in [0.29, 0.717) is 10.5 Å². The summed E-state index contributed by atoms with van der Waals surface area (Å²) < 4.78 is 7.65. The molecule has 1 nitrogen and oxygen atoms in total. The molecule has 0 amide bonds. The number of hydrogen-bond acceptors (Lipinski definition) is 1. The van der Waals surface area contributed by atoms with Crippen LogP contribution in [-0.2, 0) is 4.43 Å². The van der Waals surface area contributed by atoms with Gasteiger partial charge in [-0.2, -0.15) is 0 Å². The molecule has 0 N–H and O–H groups in total. The number of halogens is 1. The molecule has 1 rings (SSSR count). The molecule has 0 aromatic carbocycles. The van der Waals surface area contributed by atoms with Gasteiger partial charge < -0.3 is 4.43 Å². The first-order valence-electron chi connectivity index (χ1n) is 6.42. The lowest BCUT2D eigenvalue weighted by atomic mass is 10.0. The van der Waals surface area contributed by atoms with Crippen LogP contribution in [0.4, 0.5) is 0 Å². The lowest BCUT2D eigenvalue weighted by molar-refractivity contribution is 0.205. The summed E-state index contributed by atoms with van der Waals surface area (Å²) in [7, 11) is -1.52. The maximum atomic E-state index is 6.35. The molecule has 0 aromatic rings. The predicted molar refractivity (Wildman–Crippen MR) is 82.9 cm³/mol. The standard InChI is InChI=1S/C13H27IOSi/c1-12(2,3)16(4,5)15-11-13(8-9-13)7-6-10-14/h6-11H2,1-5H3. The zero-order valence-electron chi connectivity index (χ0n) is 11.5. The van der Waals surface area contributed by atoms with Crippen molar-refractivity contribution in [3.05, 3.63) is 0 Å². The predicted octanol–water partition coefficient (Wildman–Crippen LogP) is 5.00. The van der Waals surface area contributed by atoms with Gasteiger partial charge in [-0.05, 0) is 53.7 Å². The molecule has 3 heteroatoms. The normalized spacial score (nSPS) is 19.9. The molecule has 0 saturated heterocycles. The van der Waals surface area contributed by atoms with Gasteiger partial charge in [-0.15, -0.1) is 0 Å². The fraction of sp³-hybridized carbons (Fsp3) is 1.00. The monoisotopic (exact) mass is 354 g/mol. The van der Waals surface area contributed by atoms with E-state index in [1.165, 1.54) is 30.1 Å². The quantitative estimate of drug-likeness (QED) is 0.370. The highest BCUT2D eigenvalue weighted by atomic mass is 127. The van der Waals surface area contributed by atoms with Crippen LogP contribution in [-0.4, -0.2) is 19.4 Å². The average molecular weight is 354 g/mol. The van der Waals surface area contributed by atoms with Crippen molar-refractivity contribution < 1.29 is 4.43 Å². The van der Waals surface area contributed by atoms with Crippen LogP contribution in [0.3, 0.4) is 0 Å². The average Bonchev–Trinajstić information content (AvgIpc) is 2.91. The SMILES string of the molecule is CC(C)(C)[Si](C)(C)OCC1(CCCI)CC1. The molecule has 1 aliphatic carbocycles. The Morgan fingerprint density at radius 1 is 1.25 bits per heavy atom. The molecule has 16 heavy (non-hydrogen) atoms. The van der Waals surface area contributed by atoms with E-state index in [1.807, 2.05) is 0 Å². The number of hydrogen-bond donors (Lipinski definition) is 0. The Morgan fingerprint density at radius 3 is 2.19 bits per heavy atom. The Bertz CT molecular complexity index is 229. The van der Waals surface area contributed by atoms with Crippen LogP contribution in [0.25, 0.3) is 0 Å². The fourth-order valence-electron chi connectivity index (χ4n) is 1.64. The van der Waals surface area contributed by atoms with E-state index >= 15 is 0 Å². The van der Waals surface area contributed by atoms with E-state index in [0.717, 1.165) is 6.61 Å². The van der Waals surface area contributed by atoms with Crippen molar-refractivity contribution in [3.8, 4) is 0 Å². The third-order valence-corrected chi connectivity index (χ3v) is 9.58. The van der Waals surface area contributed by atoms with Crippen LogP contribution in [0.5, 0.6) is 0 Å². The largest absolute Gasteiger partial charge is 0.416 e. The molecule has 0 aromatic heterocycles. The Balaban J connectivity index is 2.39. The maximum absolute atomic E-state index is 6.35. The van der Waals surface area contributed by atoms with Crippen molar-refractivity contribution in [1.82, 2.24) is 0 Å². The second-order valence-electron chi connectivity index (χ2n) is 6.84. The van der Waals surface area contributed by atoms with E-state index < -0.39 is 8.32 Å². The first-order valence-corrected chi connectivity index (χ1v) is 10.9. The van der Waals surface area contributed by atoms with E-state index in [4.69, 9.17) is 4.43 Å². The first-order chi connectivity index (χ1) is 7.22. The second kappa shape index (κ2) is 5.27. The Morgan fingerprint density at radius 2 is 1.81 bits per heavy atom. The van der Waals surface area contributed by atoms with Gasteiger partial charge in [-0.3, -0.25) is 0 Å². The molecule has 0 bridgehead atoms. The summed E-state index contributed by atoms with van der Waals surface area (Å²) in [5.41, 5.74) is 0.584. The summed E-state index contributed by atoms with van der Waals surface area (Å²) in [6.07, 6.45) is 5.54. The molecule has 1 fully saturated rings. The van der Waals surface area contributed by atoms with Crippen molar-refractivity contribution in [3.63, 3.8) is 0 Å². The van der Waals surface area contributed by atoms with Gasteiger partial charge in [0.05, 0.1) is 0 Å².